The molecule has 0 fully saturated rings. The van der Waals surface area contributed by atoms with E-state index >= 15 is 0 Å². The second-order valence-corrected chi connectivity index (χ2v) is 4.51. The first kappa shape index (κ1) is 15.3. The van der Waals surface area contributed by atoms with Gasteiger partial charge in [-0.2, -0.15) is 0 Å². The van der Waals surface area contributed by atoms with Crippen LogP contribution in [0.2, 0.25) is 5.02 Å². The van der Waals surface area contributed by atoms with E-state index in [1.54, 1.807) is 7.11 Å². The summed E-state index contributed by atoms with van der Waals surface area (Å²) < 4.78 is 10.4. The highest BCUT2D eigenvalue weighted by Crippen LogP contribution is 2.19. The average Bonchev–Trinajstić information content (AvgIpc) is 2.37. The lowest BCUT2D eigenvalue weighted by Crippen LogP contribution is -2.28. The molecule has 1 aromatic carbocycles. The molecular weight excluding hydrogens is 250 g/mol. The number of ether oxygens (including phenoxy) is 2. The minimum Gasteiger partial charge on any atom is -0.382 e. The number of methoxy groups -OCH3 is 1. The minimum absolute atomic E-state index is 0.644. The van der Waals surface area contributed by atoms with Gasteiger partial charge in [0.05, 0.1) is 19.8 Å². The van der Waals surface area contributed by atoms with Gasteiger partial charge in [0.2, 0.25) is 0 Å². The first-order chi connectivity index (χ1) is 8.77. The van der Waals surface area contributed by atoms with E-state index in [0.717, 1.165) is 30.2 Å². The van der Waals surface area contributed by atoms with Gasteiger partial charge >= 0.3 is 0 Å². The molecule has 102 valence electrons. The van der Waals surface area contributed by atoms with E-state index in [2.05, 4.69) is 17.9 Å². The lowest BCUT2D eigenvalue weighted by Gasteiger charge is -2.24. The molecule has 0 atom stereocenters. The Morgan fingerprint density at radius 2 is 2.00 bits per heavy atom. The summed E-state index contributed by atoms with van der Waals surface area (Å²) in [6, 6.07) is 7.94. The predicted octanol–water partition coefficient (Wildman–Crippen LogP) is 3.22. The summed E-state index contributed by atoms with van der Waals surface area (Å²) >= 11 is 6.02. The Morgan fingerprint density at radius 3 is 2.67 bits per heavy atom. The van der Waals surface area contributed by atoms with E-state index in [0.29, 0.717) is 19.8 Å². The normalized spacial score (nSPS) is 10.6. The van der Waals surface area contributed by atoms with Crippen LogP contribution in [0.4, 0.5) is 5.69 Å². The molecular formula is C14H22ClNO2. The molecule has 0 aliphatic carbocycles. The van der Waals surface area contributed by atoms with Gasteiger partial charge in [-0.05, 0) is 24.6 Å². The van der Waals surface area contributed by atoms with Crippen LogP contribution in [0.25, 0.3) is 0 Å². The number of anilines is 1. The summed E-state index contributed by atoms with van der Waals surface area (Å²) in [5, 5.41) is 0.772. The maximum absolute atomic E-state index is 6.02. The summed E-state index contributed by atoms with van der Waals surface area (Å²) in [6.45, 7) is 6.04. The van der Waals surface area contributed by atoms with Crippen molar-refractivity contribution in [2.45, 2.75) is 13.3 Å². The van der Waals surface area contributed by atoms with Crippen molar-refractivity contribution in [1.29, 1.82) is 0 Å². The molecule has 3 nitrogen and oxygen atoms in total. The third-order valence-electron chi connectivity index (χ3n) is 2.60. The lowest BCUT2D eigenvalue weighted by molar-refractivity contribution is 0.0740. The molecule has 0 aromatic heterocycles. The quantitative estimate of drug-likeness (QED) is 0.644. The Kier molecular flexibility index (Phi) is 7.81. The van der Waals surface area contributed by atoms with Crippen molar-refractivity contribution < 1.29 is 9.47 Å². The minimum atomic E-state index is 0.644. The summed E-state index contributed by atoms with van der Waals surface area (Å²) in [7, 11) is 1.68. The molecule has 0 unspecified atom stereocenters. The highest BCUT2D eigenvalue weighted by molar-refractivity contribution is 6.30. The zero-order chi connectivity index (χ0) is 13.2. The van der Waals surface area contributed by atoms with Crippen LogP contribution in [-0.4, -0.2) is 40.0 Å². The van der Waals surface area contributed by atoms with E-state index in [-0.39, 0.29) is 0 Å². The molecule has 0 aliphatic heterocycles. The third kappa shape index (κ3) is 5.71. The Hall–Kier alpha value is -0.770. The van der Waals surface area contributed by atoms with Crippen molar-refractivity contribution in [3.05, 3.63) is 29.3 Å². The Morgan fingerprint density at radius 1 is 1.17 bits per heavy atom. The first-order valence-corrected chi connectivity index (χ1v) is 6.73. The van der Waals surface area contributed by atoms with Gasteiger partial charge < -0.3 is 14.4 Å². The van der Waals surface area contributed by atoms with Gasteiger partial charge in [-0.15, -0.1) is 0 Å². The van der Waals surface area contributed by atoms with Crippen LogP contribution >= 0.6 is 11.6 Å². The molecule has 0 bridgehead atoms. The van der Waals surface area contributed by atoms with Crippen molar-refractivity contribution in [1.82, 2.24) is 0 Å². The first-order valence-electron chi connectivity index (χ1n) is 6.35. The molecule has 18 heavy (non-hydrogen) atoms. The molecule has 0 N–H and O–H groups in total. The van der Waals surface area contributed by atoms with Gasteiger partial charge in [-0.25, -0.2) is 0 Å². The summed E-state index contributed by atoms with van der Waals surface area (Å²) in [4.78, 5) is 2.29. The van der Waals surface area contributed by atoms with Crippen molar-refractivity contribution in [3.63, 3.8) is 0 Å². The molecule has 0 saturated heterocycles. The van der Waals surface area contributed by atoms with E-state index in [4.69, 9.17) is 21.1 Å². The Bertz CT molecular complexity index is 333. The van der Waals surface area contributed by atoms with Gasteiger partial charge in [0.1, 0.15) is 0 Å². The molecule has 0 spiro atoms. The van der Waals surface area contributed by atoms with Gasteiger partial charge in [0, 0.05) is 30.9 Å². The van der Waals surface area contributed by atoms with Gasteiger partial charge in [-0.1, -0.05) is 24.6 Å². The van der Waals surface area contributed by atoms with Crippen LogP contribution in [0.1, 0.15) is 13.3 Å². The highest BCUT2D eigenvalue weighted by Gasteiger charge is 2.05. The van der Waals surface area contributed by atoms with Crippen LogP contribution in [0.3, 0.4) is 0 Å². The number of benzene rings is 1. The fraction of sp³-hybridized carbons (Fsp3) is 0.571. The van der Waals surface area contributed by atoms with E-state index in [9.17, 15) is 0 Å². The number of rotatable bonds is 9. The second-order valence-electron chi connectivity index (χ2n) is 4.07. The van der Waals surface area contributed by atoms with Crippen molar-refractivity contribution in [2.24, 2.45) is 0 Å². The second kappa shape index (κ2) is 9.20. The number of halogens is 1. The number of hydrogen-bond donors (Lipinski definition) is 0. The molecule has 1 rings (SSSR count). The predicted molar refractivity (Wildman–Crippen MR) is 76.7 cm³/mol. The molecule has 0 saturated carbocycles. The Balaban J connectivity index is 2.44. The summed E-state index contributed by atoms with van der Waals surface area (Å²) in [5.74, 6) is 0. The number of hydrogen-bond acceptors (Lipinski definition) is 3. The van der Waals surface area contributed by atoms with E-state index in [1.807, 2.05) is 18.2 Å². The lowest BCUT2D eigenvalue weighted by atomic mass is 10.2. The standard InChI is InChI=1S/C14H22ClNO2/c1-3-7-16(8-9-18-11-10-17-2)14-6-4-5-13(15)12-14/h4-6,12H,3,7-11H2,1-2H3. The van der Waals surface area contributed by atoms with Crippen molar-refractivity contribution in [2.75, 3.05) is 44.9 Å². The third-order valence-corrected chi connectivity index (χ3v) is 2.84. The van der Waals surface area contributed by atoms with Crippen LogP contribution < -0.4 is 4.90 Å². The SMILES string of the molecule is CCCN(CCOCCOC)c1cccc(Cl)c1. The fourth-order valence-electron chi connectivity index (χ4n) is 1.73. The van der Waals surface area contributed by atoms with E-state index < -0.39 is 0 Å². The van der Waals surface area contributed by atoms with Crippen LogP contribution in [0.15, 0.2) is 24.3 Å². The van der Waals surface area contributed by atoms with Crippen molar-refractivity contribution >= 4 is 17.3 Å². The number of nitrogens with zero attached hydrogens (tertiary/aromatic N) is 1. The van der Waals surface area contributed by atoms with Crippen LogP contribution in [0.5, 0.6) is 0 Å². The maximum atomic E-state index is 6.02. The smallest absolute Gasteiger partial charge is 0.0701 e. The largest absolute Gasteiger partial charge is 0.382 e. The van der Waals surface area contributed by atoms with Crippen LogP contribution in [-0.2, 0) is 9.47 Å². The highest BCUT2D eigenvalue weighted by atomic mass is 35.5. The molecule has 0 amide bonds. The topological polar surface area (TPSA) is 21.7 Å². The van der Waals surface area contributed by atoms with Crippen molar-refractivity contribution in [3.8, 4) is 0 Å². The van der Waals surface area contributed by atoms with Gasteiger partial charge in [0.25, 0.3) is 0 Å². The van der Waals surface area contributed by atoms with Crippen LogP contribution in [0, 0.1) is 0 Å². The zero-order valence-electron chi connectivity index (χ0n) is 11.2. The van der Waals surface area contributed by atoms with Gasteiger partial charge in [-0.3, -0.25) is 0 Å². The maximum Gasteiger partial charge on any atom is 0.0701 e. The molecule has 0 aliphatic rings. The van der Waals surface area contributed by atoms with E-state index in [1.165, 1.54) is 0 Å². The average molecular weight is 272 g/mol. The molecule has 0 radical (unpaired) electrons. The zero-order valence-corrected chi connectivity index (χ0v) is 11.9. The fourth-order valence-corrected chi connectivity index (χ4v) is 1.92. The molecule has 1 aromatic rings. The Labute approximate surface area is 115 Å². The summed E-state index contributed by atoms with van der Waals surface area (Å²) in [5.41, 5.74) is 1.15. The molecule has 4 heteroatoms. The monoisotopic (exact) mass is 271 g/mol. The molecule has 0 heterocycles. The summed E-state index contributed by atoms with van der Waals surface area (Å²) in [6.07, 6.45) is 1.10. The van der Waals surface area contributed by atoms with Gasteiger partial charge in [0.15, 0.2) is 0 Å².